The lowest BCUT2D eigenvalue weighted by molar-refractivity contribution is 0.0944. The standard InChI is InChI=1S/C11H17N3O3S/c1-8(7-18(3,16)17)14-11(15)9-4-5-13-6-10(9)12-2/h4-6,8,12H,7H2,1-3H3,(H,14,15). The molecular formula is C11H17N3O3S. The lowest BCUT2D eigenvalue weighted by Gasteiger charge is -2.14. The maximum absolute atomic E-state index is 11.9. The van der Waals surface area contributed by atoms with Gasteiger partial charge in [0.05, 0.1) is 23.2 Å². The molecule has 7 heteroatoms. The van der Waals surface area contributed by atoms with E-state index in [0.29, 0.717) is 11.3 Å². The number of carbonyl (C=O) groups is 1. The molecule has 0 aromatic carbocycles. The van der Waals surface area contributed by atoms with Crippen molar-refractivity contribution in [3.8, 4) is 0 Å². The summed E-state index contributed by atoms with van der Waals surface area (Å²) < 4.78 is 22.2. The highest BCUT2D eigenvalue weighted by Gasteiger charge is 2.16. The average Bonchev–Trinajstić information content (AvgIpc) is 2.26. The number of carbonyl (C=O) groups excluding carboxylic acids is 1. The van der Waals surface area contributed by atoms with Gasteiger partial charge in [-0.05, 0) is 13.0 Å². The molecule has 0 saturated heterocycles. The molecule has 1 unspecified atom stereocenters. The van der Waals surface area contributed by atoms with Crippen molar-refractivity contribution >= 4 is 21.4 Å². The molecule has 0 spiro atoms. The lowest BCUT2D eigenvalue weighted by Crippen LogP contribution is -2.37. The van der Waals surface area contributed by atoms with E-state index in [-0.39, 0.29) is 11.7 Å². The number of anilines is 1. The minimum absolute atomic E-state index is 0.0846. The summed E-state index contributed by atoms with van der Waals surface area (Å²) in [5.74, 6) is -0.406. The van der Waals surface area contributed by atoms with E-state index in [2.05, 4.69) is 15.6 Å². The van der Waals surface area contributed by atoms with Gasteiger partial charge in [-0.1, -0.05) is 0 Å². The Hall–Kier alpha value is -1.63. The Balaban J connectivity index is 2.77. The maximum atomic E-state index is 11.9. The fourth-order valence-corrected chi connectivity index (χ4v) is 2.58. The highest BCUT2D eigenvalue weighted by Crippen LogP contribution is 2.12. The van der Waals surface area contributed by atoms with Gasteiger partial charge in [0.25, 0.3) is 5.91 Å². The minimum atomic E-state index is -3.11. The molecule has 0 fully saturated rings. The summed E-state index contributed by atoms with van der Waals surface area (Å²) in [6.07, 6.45) is 4.19. The van der Waals surface area contributed by atoms with Crippen LogP contribution < -0.4 is 10.6 Å². The van der Waals surface area contributed by atoms with Crippen LogP contribution in [0.1, 0.15) is 17.3 Å². The average molecular weight is 271 g/mol. The third-order valence-electron chi connectivity index (χ3n) is 2.27. The van der Waals surface area contributed by atoms with Crippen LogP contribution in [0.15, 0.2) is 18.5 Å². The minimum Gasteiger partial charge on any atom is -0.386 e. The Bertz CT molecular complexity index is 528. The van der Waals surface area contributed by atoms with Gasteiger partial charge in [0.15, 0.2) is 0 Å². The van der Waals surface area contributed by atoms with E-state index in [1.54, 1.807) is 20.0 Å². The van der Waals surface area contributed by atoms with E-state index >= 15 is 0 Å². The van der Waals surface area contributed by atoms with Gasteiger partial charge in [0, 0.05) is 25.5 Å². The van der Waals surface area contributed by atoms with Gasteiger partial charge in [0.1, 0.15) is 9.84 Å². The number of hydrogen-bond donors (Lipinski definition) is 2. The highest BCUT2D eigenvalue weighted by atomic mass is 32.2. The van der Waals surface area contributed by atoms with Gasteiger partial charge >= 0.3 is 0 Å². The molecule has 18 heavy (non-hydrogen) atoms. The van der Waals surface area contributed by atoms with Crippen molar-refractivity contribution in [1.29, 1.82) is 0 Å². The van der Waals surface area contributed by atoms with Crippen molar-refractivity contribution in [3.05, 3.63) is 24.0 Å². The Kier molecular flexibility index (Phi) is 4.66. The van der Waals surface area contributed by atoms with Gasteiger partial charge in [-0.2, -0.15) is 0 Å². The van der Waals surface area contributed by atoms with Crippen LogP contribution >= 0.6 is 0 Å². The first-order valence-electron chi connectivity index (χ1n) is 5.44. The number of amides is 1. The normalized spacial score (nSPS) is 12.8. The summed E-state index contributed by atoms with van der Waals surface area (Å²) in [5.41, 5.74) is 1.04. The number of sulfone groups is 1. The van der Waals surface area contributed by atoms with Crippen LogP contribution in [-0.2, 0) is 9.84 Å². The molecule has 0 aliphatic carbocycles. The number of hydrogen-bond acceptors (Lipinski definition) is 5. The molecule has 0 aliphatic rings. The third kappa shape index (κ3) is 4.33. The Morgan fingerprint density at radius 2 is 2.17 bits per heavy atom. The fourth-order valence-electron chi connectivity index (χ4n) is 1.59. The zero-order chi connectivity index (χ0) is 13.8. The van der Waals surface area contributed by atoms with Crippen molar-refractivity contribution in [2.24, 2.45) is 0 Å². The number of nitrogens with zero attached hydrogens (tertiary/aromatic N) is 1. The molecule has 0 radical (unpaired) electrons. The summed E-state index contributed by atoms with van der Waals surface area (Å²) >= 11 is 0. The summed E-state index contributed by atoms with van der Waals surface area (Å²) in [6.45, 7) is 1.65. The maximum Gasteiger partial charge on any atom is 0.253 e. The third-order valence-corrected chi connectivity index (χ3v) is 3.37. The molecule has 6 nitrogen and oxygen atoms in total. The van der Waals surface area contributed by atoms with E-state index in [1.807, 2.05) is 0 Å². The molecule has 100 valence electrons. The first-order chi connectivity index (χ1) is 8.33. The van der Waals surface area contributed by atoms with Crippen LogP contribution in [0.25, 0.3) is 0 Å². The van der Waals surface area contributed by atoms with Crippen LogP contribution in [0.4, 0.5) is 5.69 Å². The van der Waals surface area contributed by atoms with Gasteiger partial charge < -0.3 is 10.6 Å². The van der Waals surface area contributed by atoms with E-state index in [4.69, 9.17) is 0 Å². The molecule has 1 atom stereocenters. The molecule has 0 saturated carbocycles. The Morgan fingerprint density at radius 3 is 2.72 bits per heavy atom. The summed E-state index contributed by atoms with van der Waals surface area (Å²) in [5, 5.41) is 5.50. The van der Waals surface area contributed by atoms with Gasteiger partial charge in [-0.25, -0.2) is 8.42 Å². The SMILES string of the molecule is CNc1cnccc1C(=O)NC(C)CS(C)(=O)=O. The number of rotatable bonds is 5. The second-order valence-corrected chi connectivity index (χ2v) is 6.32. The molecule has 0 aliphatic heterocycles. The van der Waals surface area contributed by atoms with Gasteiger partial charge in [0.2, 0.25) is 0 Å². The number of aromatic nitrogens is 1. The van der Waals surface area contributed by atoms with Gasteiger partial charge in [-0.3, -0.25) is 9.78 Å². The van der Waals surface area contributed by atoms with E-state index in [9.17, 15) is 13.2 Å². The largest absolute Gasteiger partial charge is 0.386 e. The first-order valence-corrected chi connectivity index (χ1v) is 7.50. The van der Waals surface area contributed by atoms with Crippen LogP contribution in [0, 0.1) is 0 Å². The van der Waals surface area contributed by atoms with Crippen molar-refractivity contribution in [2.75, 3.05) is 24.4 Å². The van der Waals surface area contributed by atoms with Crippen molar-refractivity contribution in [3.63, 3.8) is 0 Å². The van der Waals surface area contributed by atoms with Crippen LogP contribution in [0.3, 0.4) is 0 Å². The number of nitrogens with one attached hydrogen (secondary N) is 2. The molecule has 1 heterocycles. The molecule has 0 bridgehead atoms. The molecule has 1 amide bonds. The van der Waals surface area contributed by atoms with Crippen molar-refractivity contribution in [2.45, 2.75) is 13.0 Å². The van der Waals surface area contributed by atoms with Crippen LogP contribution in [0.5, 0.6) is 0 Å². The van der Waals surface area contributed by atoms with E-state index in [0.717, 1.165) is 6.26 Å². The highest BCUT2D eigenvalue weighted by molar-refractivity contribution is 7.90. The van der Waals surface area contributed by atoms with Crippen LogP contribution in [0.2, 0.25) is 0 Å². The summed E-state index contributed by atoms with van der Waals surface area (Å²) in [7, 11) is -1.42. The topological polar surface area (TPSA) is 88.2 Å². The zero-order valence-corrected chi connectivity index (χ0v) is 11.4. The monoisotopic (exact) mass is 271 g/mol. The quantitative estimate of drug-likeness (QED) is 0.803. The smallest absolute Gasteiger partial charge is 0.253 e. The predicted molar refractivity (Wildman–Crippen MR) is 70.4 cm³/mol. The second-order valence-electron chi connectivity index (χ2n) is 4.14. The fraction of sp³-hybridized carbons (Fsp3) is 0.455. The Morgan fingerprint density at radius 1 is 1.50 bits per heavy atom. The molecule has 1 aromatic heterocycles. The summed E-state index contributed by atoms with van der Waals surface area (Å²) in [6, 6.07) is 1.14. The predicted octanol–water partition coefficient (Wildman–Crippen LogP) is 0.286. The van der Waals surface area contributed by atoms with E-state index in [1.165, 1.54) is 12.4 Å². The van der Waals surface area contributed by atoms with Crippen molar-refractivity contribution in [1.82, 2.24) is 10.3 Å². The molecule has 1 rings (SSSR count). The molecular weight excluding hydrogens is 254 g/mol. The molecule has 1 aromatic rings. The van der Waals surface area contributed by atoms with E-state index < -0.39 is 15.9 Å². The second kappa shape index (κ2) is 5.81. The molecule has 2 N–H and O–H groups in total. The first kappa shape index (κ1) is 14.4. The Labute approximate surface area is 107 Å². The van der Waals surface area contributed by atoms with Gasteiger partial charge in [-0.15, -0.1) is 0 Å². The number of pyridine rings is 1. The van der Waals surface area contributed by atoms with Crippen molar-refractivity contribution < 1.29 is 13.2 Å². The zero-order valence-electron chi connectivity index (χ0n) is 10.6. The van der Waals surface area contributed by atoms with Crippen LogP contribution in [-0.4, -0.2) is 44.4 Å². The lowest BCUT2D eigenvalue weighted by atomic mass is 10.2. The summed E-state index contributed by atoms with van der Waals surface area (Å²) in [4.78, 5) is 15.8.